The van der Waals surface area contributed by atoms with Crippen LogP contribution in [-0.4, -0.2) is 41.5 Å². The number of amides is 1. The third kappa shape index (κ3) is 5.33. The minimum absolute atomic E-state index is 0.00113. The molecule has 33 heavy (non-hydrogen) atoms. The highest BCUT2D eigenvalue weighted by Gasteiger charge is 2.29. The van der Waals surface area contributed by atoms with Crippen LogP contribution in [0, 0.1) is 12.7 Å². The van der Waals surface area contributed by atoms with E-state index in [-0.39, 0.29) is 29.9 Å². The number of Topliss-reactive ketones (excluding diaryl/α,β-unsaturated/α-hetero) is 1. The molecule has 1 saturated heterocycles. The van der Waals surface area contributed by atoms with Crippen LogP contribution in [0.3, 0.4) is 0 Å². The van der Waals surface area contributed by atoms with Crippen molar-refractivity contribution in [2.24, 2.45) is 0 Å². The number of carbonyl (C=O) groups excluding carboxylic acids is 2. The number of hydrogen-bond acceptors (Lipinski definition) is 4. The maximum atomic E-state index is 14.7. The molecule has 2 heterocycles. The number of benzene rings is 2. The van der Waals surface area contributed by atoms with Crippen LogP contribution in [0.4, 0.5) is 4.39 Å². The van der Waals surface area contributed by atoms with Crippen LogP contribution in [0.5, 0.6) is 5.75 Å². The molecule has 1 fully saturated rings. The van der Waals surface area contributed by atoms with Gasteiger partial charge in [-0.1, -0.05) is 6.07 Å². The summed E-state index contributed by atoms with van der Waals surface area (Å²) in [5, 5.41) is 9.80. The number of halogens is 1. The quantitative estimate of drug-likeness (QED) is 0.444. The van der Waals surface area contributed by atoms with E-state index in [9.17, 15) is 14.0 Å². The van der Waals surface area contributed by atoms with Crippen molar-refractivity contribution < 1.29 is 18.7 Å². The first kappa shape index (κ1) is 23.2. The van der Waals surface area contributed by atoms with Gasteiger partial charge in [0.1, 0.15) is 17.7 Å². The van der Waals surface area contributed by atoms with Crippen LogP contribution in [0.2, 0.25) is 0 Å². The maximum absolute atomic E-state index is 14.7. The van der Waals surface area contributed by atoms with Crippen LogP contribution in [0.25, 0.3) is 11.1 Å². The highest BCUT2D eigenvalue weighted by molar-refractivity contribution is 7.80. The fourth-order valence-corrected chi connectivity index (χ4v) is 4.88. The van der Waals surface area contributed by atoms with Crippen LogP contribution in [-0.2, 0) is 11.2 Å². The summed E-state index contributed by atoms with van der Waals surface area (Å²) in [6.45, 7) is 5.80. The predicted octanol–water partition coefficient (Wildman–Crippen LogP) is 3.44. The highest BCUT2D eigenvalue weighted by Crippen LogP contribution is 2.41. The Labute approximate surface area is 198 Å². The molecule has 3 atom stereocenters. The number of thiocarbonyl (C=S) groups is 1. The Morgan fingerprint density at radius 3 is 2.73 bits per heavy atom. The second-order valence-corrected chi connectivity index (χ2v) is 9.36. The number of carbonyl (C=O) groups is 2. The van der Waals surface area contributed by atoms with Crippen LogP contribution < -0.4 is 20.7 Å². The molecule has 0 aromatic heterocycles. The summed E-state index contributed by atoms with van der Waals surface area (Å²) in [4.78, 5) is 24.3. The lowest BCUT2D eigenvalue weighted by Gasteiger charge is -2.30. The summed E-state index contributed by atoms with van der Waals surface area (Å²) < 4.78 is 20.9. The highest BCUT2D eigenvalue weighted by atomic mass is 32.1. The first-order chi connectivity index (χ1) is 15.7. The van der Waals surface area contributed by atoms with Crippen molar-refractivity contribution in [2.45, 2.75) is 58.2 Å². The van der Waals surface area contributed by atoms with Gasteiger partial charge in [0.25, 0.3) is 0 Å². The number of rotatable bonds is 6. The largest absolute Gasteiger partial charge is 0.487 e. The van der Waals surface area contributed by atoms with Gasteiger partial charge >= 0.3 is 0 Å². The van der Waals surface area contributed by atoms with Gasteiger partial charge in [-0.25, -0.2) is 4.39 Å². The van der Waals surface area contributed by atoms with E-state index in [0.717, 1.165) is 17.5 Å². The Morgan fingerprint density at radius 2 is 2.00 bits per heavy atom. The van der Waals surface area contributed by atoms with Crippen molar-refractivity contribution in [3.63, 3.8) is 0 Å². The molecule has 0 saturated carbocycles. The number of aryl methyl sites for hydroxylation is 1. The standard InChI is InChI=1S/C25H28FN3O3S/c1-13-6-17-9-19(12-27-23(31)11-18-8-14(2)28-25(33)29-18)32-24(17)21(7-13)20-10-16(15(3)30)4-5-22(20)26/h4-7,10,14,18-19H,8-9,11-12H2,1-3H3,(H,27,31)(H2,28,29,33)/t14-,18+,19-/m1/s1. The van der Waals surface area contributed by atoms with Gasteiger partial charge < -0.3 is 20.7 Å². The van der Waals surface area contributed by atoms with E-state index >= 15 is 0 Å². The number of hydrogen-bond donors (Lipinski definition) is 3. The first-order valence-corrected chi connectivity index (χ1v) is 11.5. The second kappa shape index (κ2) is 9.47. The zero-order chi connectivity index (χ0) is 23.7. The van der Waals surface area contributed by atoms with E-state index in [1.807, 2.05) is 26.0 Å². The monoisotopic (exact) mass is 469 g/mol. The molecule has 0 radical (unpaired) electrons. The van der Waals surface area contributed by atoms with E-state index in [4.69, 9.17) is 17.0 Å². The molecule has 3 N–H and O–H groups in total. The third-order valence-electron chi connectivity index (χ3n) is 6.01. The number of nitrogens with one attached hydrogen (secondary N) is 3. The van der Waals surface area contributed by atoms with Gasteiger partial charge in [0.2, 0.25) is 5.91 Å². The minimum atomic E-state index is -0.408. The van der Waals surface area contributed by atoms with Gasteiger partial charge in [0.15, 0.2) is 10.9 Å². The maximum Gasteiger partial charge on any atom is 0.222 e. The molecule has 2 aromatic carbocycles. The first-order valence-electron chi connectivity index (χ1n) is 11.1. The summed E-state index contributed by atoms with van der Waals surface area (Å²) in [7, 11) is 0. The third-order valence-corrected chi connectivity index (χ3v) is 6.25. The molecule has 0 unspecified atom stereocenters. The molecule has 174 valence electrons. The average Bonchev–Trinajstić information content (AvgIpc) is 3.14. The Bertz CT molecular complexity index is 1120. The molecule has 6 nitrogen and oxygen atoms in total. The lowest BCUT2D eigenvalue weighted by atomic mass is 9.95. The summed E-state index contributed by atoms with van der Waals surface area (Å²) in [6.07, 6.45) is 1.51. The van der Waals surface area contributed by atoms with Gasteiger partial charge in [-0.15, -0.1) is 0 Å². The predicted molar refractivity (Wildman–Crippen MR) is 129 cm³/mol. The molecule has 4 rings (SSSR count). The van der Waals surface area contributed by atoms with E-state index in [1.54, 1.807) is 6.07 Å². The fourth-order valence-electron chi connectivity index (χ4n) is 4.51. The molecule has 0 bridgehead atoms. The number of ketones is 1. The van der Waals surface area contributed by atoms with Crippen LogP contribution in [0.15, 0.2) is 30.3 Å². The smallest absolute Gasteiger partial charge is 0.222 e. The van der Waals surface area contributed by atoms with E-state index in [1.165, 1.54) is 19.1 Å². The number of fused-ring (bicyclic) bond motifs is 1. The normalized spacial score (nSPS) is 21.5. The van der Waals surface area contributed by atoms with Crippen molar-refractivity contribution >= 4 is 29.0 Å². The zero-order valence-corrected chi connectivity index (χ0v) is 19.8. The lowest BCUT2D eigenvalue weighted by molar-refractivity contribution is -0.121. The van der Waals surface area contributed by atoms with Crippen molar-refractivity contribution in [3.05, 3.63) is 52.8 Å². The lowest BCUT2D eigenvalue weighted by Crippen LogP contribution is -2.54. The topological polar surface area (TPSA) is 79.5 Å². The molecule has 8 heteroatoms. The van der Waals surface area contributed by atoms with Crippen molar-refractivity contribution in [1.82, 2.24) is 16.0 Å². The second-order valence-electron chi connectivity index (χ2n) is 8.96. The van der Waals surface area contributed by atoms with Crippen LogP contribution >= 0.6 is 12.2 Å². The van der Waals surface area contributed by atoms with Gasteiger partial charge in [-0.05, 0) is 74.8 Å². The average molecular weight is 470 g/mol. The van der Waals surface area contributed by atoms with Crippen LogP contribution in [0.1, 0.15) is 48.2 Å². The summed E-state index contributed by atoms with van der Waals surface area (Å²) in [5.41, 5.74) is 3.36. The zero-order valence-electron chi connectivity index (χ0n) is 19.0. The minimum Gasteiger partial charge on any atom is -0.487 e. The molecular weight excluding hydrogens is 441 g/mol. The van der Waals surface area contributed by atoms with Gasteiger partial charge in [-0.3, -0.25) is 9.59 Å². The van der Waals surface area contributed by atoms with E-state index in [0.29, 0.717) is 46.9 Å². The Kier molecular flexibility index (Phi) is 6.65. The summed E-state index contributed by atoms with van der Waals surface area (Å²) in [6, 6.07) is 8.50. The molecule has 2 aliphatic heterocycles. The summed E-state index contributed by atoms with van der Waals surface area (Å²) in [5.74, 6) is 0.00873. The van der Waals surface area contributed by atoms with Crippen molar-refractivity contribution in [1.29, 1.82) is 0 Å². The Hall–Kier alpha value is -3.00. The van der Waals surface area contributed by atoms with E-state index in [2.05, 4.69) is 16.0 Å². The fraction of sp³-hybridized carbons (Fsp3) is 0.400. The number of ether oxygens (including phenoxy) is 1. The van der Waals surface area contributed by atoms with Gasteiger partial charge in [-0.2, -0.15) is 0 Å². The van der Waals surface area contributed by atoms with Gasteiger partial charge in [0.05, 0.1) is 6.54 Å². The Balaban J connectivity index is 1.45. The van der Waals surface area contributed by atoms with Gasteiger partial charge in [0, 0.05) is 41.6 Å². The summed E-state index contributed by atoms with van der Waals surface area (Å²) >= 11 is 5.18. The molecule has 0 spiro atoms. The molecule has 0 aliphatic carbocycles. The Morgan fingerprint density at radius 1 is 1.21 bits per heavy atom. The van der Waals surface area contributed by atoms with Crippen molar-refractivity contribution in [2.75, 3.05) is 6.54 Å². The molecule has 2 aromatic rings. The molecular formula is C25H28FN3O3S. The SMILES string of the molecule is CC(=O)c1ccc(F)c(-c2cc(C)cc3c2O[C@@H](CNC(=O)C[C@@H]2C[C@@H](C)NC(=S)N2)C3)c1. The molecule has 1 amide bonds. The molecule has 2 aliphatic rings. The van der Waals surface area contributed by atoms with E-state index < -0.39 is 5.82 Å². The van der Waals surface area contributed by atoms with Crippen molar-refractivity contribution in [3.8, 4) is 16.9 Å².